The number of hydrogen-bond acceptors (Lipinski definition) is 4. The number of nitrogens with one attached hydrogen (secondary N) is 1. The van der Waals surface area contributed by atoms with E-state index in [1.165, 1.54) is 0 Å². The molecule has 3 aromatic carbocycles. The summed E-state index contributed by atoms with van der Waals surface area (Å²) in [5.74, 6) is 1.26. The standard InChI is InChI=1S/C32H35ClN2O4/c33-26-10-6-9-25(19-26)22-35(31(36)16-14-24-13-15-29-30(21-24)39-18-17-38-29)28(20-23-7-2-1-3-8-23)32(37)34-27-11-4-5-12-27/h1-3,6-10,13,15,19,21,27-28H,4-5,11-12,14,16-18,20,22H2,(H,34,37). The van der Waals surface area contributed by atoms with E-state index in [9.17, 15) is 9.59 Å². The van der Waals surface area contributed by atoms with Crippen LogP contribution in [0.1, 0.15) is 48.8 Å². The smallest absolute Gasteiger partial charge is 0.243 e. The van der Waals surface area contributed by atoms with Crippen molar-refractivity contribution >= 4 is 23.4 Å². The largest absolute Gasteiger partial charge is 0.486 e. The van der Waals surface area contributed by atoms with Crippen LogP contribution in [0.3, 0.4) is 0 Å². The Kier molecular flexibility index (Phi) is 9.04. The van der Waals surface area contributed by atoms with E-state index in [1.54, 1.807) is 4.90 Å². The third kappa shape index (κ3) is 7.33. The molecule has 0 saturated heterocycles. The molecule has 0 spiro atoms. The van der Waals surface area contributed by atoms with Gasteiger partial charge in [-0.3, -0.25) is 9.59 Å². The van der Waals surface area contributed by atoms with Gasteiger partial charge in [0.2, 0.25) is 11.8 Å². The van der Waals surface area contributed by atoms with Gasteiger partial charge in [-0.25, -0.2) is 0 Å². The first-order valence-corrected chi connectivity index (χ1v) is 14.2. The molecule has 2 aliphatic rings. The zero-order chi connectivity index (χ0) is 27.0. The minimum Gasteiger partial charge on any atom is -0.486 e. The fourth-order valence-corrected chi connectivity index (χ4v) is 5.60. The van der Waals surface area contributed by atoms with Gasteiger partial charge >= 0.3 is 0 Å². The second-order valence-electron chi connectivity index (χ2n) is 10.3. The van der Waals surface area contributed by atoms with Gasteiger partial charge in [-0.05, 0) is 60.2 Å². The Morgan fingerprint density at radius 1 is 0.872 bits per heavy atom. The van der Waals surface area contributed by atoms with Crippen molar-refractivity contribution in [2.24, 2.45) is 0 Å². The Hall–Kier alpha value is -3.51. The molecule has 5 rings (SSSR count). The highest BCUT2D eigenvalue weighted by molar-refractivity contribution is 6.30. The summed E-state index contributed by atoms with van der Waals surface area (Å²) >= 11 is 6.29. The van der Waals surface area contributed by atoms with Crippen molar-refractivity contribution < 1.29 is 19.1 Å². The van der Waals surface area contributed by atoms with Gasteiger partial charge < -0.3 is 19.7 Å². The number of nitrogens with zero attached hydrogens (tertiary/aromatic N) is 1. The first kappa shape index (κ1) is 27.1. The number of halogens is 1. The minimum atomic E-state index is -0.639. The van der Waals surface area contributed by atoms with E-state index in [2.05, 4.69) is 5.32 Å². The van der Waals surface area contributed by atoms with Crippen LogP contribution in [-0.2, 0) is 29.0 Å². The summed E-state index contributed by atoms with van der Waals surface area (Å²) in [6.45, 7) is 1.35. The Morgan fingerprint density at radius 2 is 1.62 bits per heavy atom. The monoisotopic (exact) mass is 546 g/mol. The van der Waals surface area contributed by atoms with E-state index in [0.717, 1.165) is 48.1 Å². The second-order valence-corrected chi connectivity index (χ2v) is 10.8. The molecule has 1 aliphatic heterocycles. The molecule has 1 unspecified atom stereocenters. The van der Waals surface area contributed by atoms with Crippen LogP contribution in [0.25, 0.3) is 0 Å². The van der Waals surface area contributed by atoms with Crippen molar-refractivity contribution in [3.05, 3.63) is 94.5 Å². The van der Waals surface area contributed by atoms with Crippen molar-refractivity contribution in [2.45, 2.75) is 63.6 Å². The molecule has 7 heteroatoms. The third-order valence-corrected chi connectivity index (χ3v) is 7.68. The van der Waals surface area contributed by atoms with E-state index < -0.39 is 6.04 Å². The average Bonchev–Trinajstić information content (AvgIpc) is 3.47. The molecule has 204 valence electrons. The lowest BCUT2D eigenvalue weighted by atomic mass is 10.0. The van der Waals surface area contributed by atoms with Crippen LogP contribution in [-0.4, -0.2) is 42.0 Å². The topological polar surface area (TPSA) is 67.9 Å². The quantitative estimate of drug-likeness (QED) is 0.352. The number of amides is 2. The predicted octanol–water partition coefficient (Wildman–Crippen LogP) is 5.74. The highest BCUT2D eigenvalue weighted by Crippen LogP contribution is 2.31. The summed E-state index contributed by atoms with van der Waals surface area (Å²) < 4.78 is 11.4. The molecule has 2 amide bonds. The van der Waals surface area contributed by atoms with Gasteiger partial charge in [-0.15, -0.1) is 0 Å². The van der Waals surface area contributed by atoms with Crippen molar-refractivity contribution in [1.29, 1.82) is 0 Å². The summed E-state index contributed by atoms with van der Waals surface area (Å²) in [5.41, 5.74) is 2.90. The molecule has 1 aliphatic carbocycles. The average molecular weight is 547 g/mol. The van der Waals surface area contributed by atoms with E-state index in [1.807, 2.05) is 72.8 Å². The molecule has 6 nitrogen and oxygen atoms in total. The van der Waals surface area contributed by atoms with Crippen molar-refractivity contribution in [3.8, 4) is 11.5 Å². The van der Waals surface area contributed by atoms with Crippen LogP contribution in [0.5, 0.6) is 11.5 Å². The number of hydrogen-bond donors (Lipinski definition) is 1. The van der Waals surface area contributed by atoms with E-state index in [-0.39, 0.29) is 24.3 Å². The van der Waals surface area contributed by atoms with Crippen LogP contribution >= 0.6 is 11.6 Å². The summed E-state index contributed by atoms with van der Waals surface area (Å²) in [7, 11) is 0. The number of fused-ring (bicyclic) bond motifs is 1. The molecule has 3 aromatic rings. The highest BCUT2D eigenvalue weighted by atomic mass is 35.5. The molecule has 1 fully saturated rings. The van der Waals surface area contributed by atoms with Crippen molar-refractivity contribution in [2.75, 3.05) is 13.2 Å². The van der Waals surface area contributed by atoms with Gasteiger partial charge in [-0.2, -0.15) is 0 Å². The van der Waals surface area contributed by atoms with Gasteiger partial charge in [0.1, 0.15) is 19.3 Å². The maximum Gasteiger partial charge on any atom is 0.243 e. The summed E-state index contributed by atoms with van der Waals surface area (Å²) in [5, 5.41) is 3.85. The van der Waals surface area contributed by atoms with E-state index >= 15 is 0 Å². The van der Waals surface area contributed by atoms with Crippen LogP contribution in [0, 0.1) is 0 Å². The van der Waals surface area contributed by atoms with Crippen LogP contribution in [0.2, 0.25) is 5.02 Å². The van der Waals surface area contributed by atoms with Crippen LogP contribution in [0.4, 0.5) is 0 Å². The Morgan fingerprint density at radius 3 is 2.38 bits per heavy atom. The fraction of sp³-hybridized carbons (Fsp3) is 0.375. The number of ether oxygens (including phenoxy) is 2. The van der Waals surface area contributed by atoms with Crippen molar-refractivity contribution in [3.63, 3.8) is 0 Å². The molecule has 0 aromatic heterocycles. The molecule has 1 N–H and O–H groups in total. The third-order valence-electron chi connectivity index (χ3n) is 7.45. The molecule has 1 saturated carbocycles. The van der Waals surface area contributed by atoms with Crippen LogP contribution < -0.4 is 14.8 Å². The van der Waals surface area contributed by atoms with Crippen LogP contribution in [0.15, 0.2) is 72.8 Å². The SMILES string of the molecule is O=C(NC1CCCC1)C(Cc1ccccc1)N(Cc1cccc(Cl)c1)C(=O)CCc1ccc2c(c1)OCCO2. The van der Waals surface area contributed by atoms with Gasteiger partial charge in [0, 0.05) is 30.5 Å². The minimum absolute atomic E-state index is 0.0765. The maximum absolute atomic E-state index is 13.9. The summed E-state index contributed by atoms with van der Waals surface area (Å²) in [6, 6.07) is 22.7. The molecule has 0 radical (unpaired) electrons. The first-order valence-electron chi connectivity index (χ1n) is 13.8. The number of benzene rings is 3. The lowest BCUT2D eigenvalue weighted by Gasteiger charge is -2.32. The van der Waals surface area contributed by atoms with E-state index in [0.29, 0.717) is 43.4 Å². The van der Waals surface area contributed by atoms with Gasteiger partial charge in [0.15, 0.2) is 11.5 Å². The van der Waals surface area contributed by atoms with Gasteiger partial charge in [0.05, 0.1) is 0 Å². The fourth-order valence-electron chi connectivity index (χ4n) is 5.39. The molecular weight excluding hydrogens is 512 g/mol. The molecule has 0 bridgehead atoms. The molecule has 1 heterocycles. The van der Waals surface area contributed by atoms with Gasteiger partial charge in [0.25, 0.3) is 0 Å². The molecular formula is C32H35ClN2O4. The van der Waals surface area contributed by atoms with E-state index in [4.69, 9.17) is 21.1 Å². The zero-order valence-corrected chi connectivity index (χ0v) is 22.9. The Balaban J connectivity index is 1.39. The normalized spacial score (nSPS) is 15.5. The van der Waals surface area contributed by atoms with Crippen molar-refractivity contribution in [1.82, 2.24) is 10.2 Å². The number of aryl methyl sites for hydroxylation is 1. The molecule has 1 atom stereocenters. The maximum atomic E-state index is 13.9. The lowest BCUT2D eigenvalue weighted by Crippen LogP contribution is -2.52. The first-order chi connectivity index (χ1) is 19.0. The zero-order valence-electron chi connectivity index (χ0n) is 22.1. The Labute approximate surface area is 235 Å². The predicted molar refractivity (Wildman–Crippen MR) is 152 cm³/mol. The molecule has 39 heavy (non-hydrogen) atoms. The summed E-state index contributed by atoms with van der Waals surface area (Å²) in [6.07, 6.45) is 5.44. The lowest BCUT2D eigenvalue weighted by molar-refractivity contribution is -0.141. The van der Waals surface area contributed by atoms with Gasteiger partial charge in [-0.1, -0.05) is 73.0 Å². The number of rotatable bonds is 10. The number of carbonyl (C=O) groups excluding carboxylic acids is 2. The highest BCUT2D eigenvalue weighted by Gasteiger charge is 2.32. The second kappa shape index (κ2) is 13.0. The summed E-state index contributed by atoms with van der Waals surface area (Å²) in [4.78, 5) is 29.4. The number of carbonyl (C=O) groups is 2. The Bertz CT molecular complexity index is 1280.